The van der Waals surface area contributed by atoms with Crippen LogP contribution in [0.3, 0.4) is 0 Å². The van der Waals surface area contributed by atoms with E-state index in [0.29, 0.717) is 6.04 Å². The molecule has 14 heavy (non-hydrogen) atoms. The van der Waals surface area contributed by atoms with Crippen LogP contribution >= 0.6 is 11.6 Å². The van der Waals surface area contributed by atoms with Crippen molar-refractivity contribution in [3.05, 3.63) is 17.0 Å². The van der Waals surface area contributed by atoms with Crippen LogP contribution in [0.4, 0.5) is 0 Å². The van der Waals surface area contributed by atoms with Crippen LogP contribution < -0.4 is 0 Å². The van der Waals surface area contributed by atoms with Gasteiger partial charge in [-0.15, -0.1) is 11.6 Å². The van der Waals surface area contributed by atoms with E-state index in [0.717, 1.165) is 12.1 Å². The SMILES string of the molecule is CCC(C)n1nc(C)c(C(C)Cl)c1C. The van der Waals surface area contributed by atoms with Gasteiger partial charge in [0, 0.05) is 17.3 Å². The summed E-state index contributed by atoms with van der Waals surface area (Å²) in [5, 5.41) is 4.58. The zero-order valence-electron chi connectivity index (χ0n) is 9.63. The fourth-order valence-corrected chi connectivity index (χ4v) is 2.17. The van der Waals surface area contributed by atoms with Gasteiger partial charge in [-0.2, -0.15) is 5.10 Å². The fraction of sp³-hybridized carbons (Fsp3) is 0.727. The predicted octanol–water partition coefficient (Wildman–Crippen LogP) is 3.77. The van der Waals surface area contributed by atoms with Crippen LogP contribution in [0, 0.1) is 13.8 Å². The molecule has 0 fully saturated rings. The minimum absolute atomic E-state index is 0.0489. The molecule has 0 aromatic carbocycles. The first-order valence-corrected chi connectivity index (χ1v) is 5.62. The van der Waals surface area contributed by atoms with Crippen molar-refractivity contribution >= 4 is 11.6 Å². The van der Waals surface area contributed by atoms with Gasteiger partial charge in [0.2, 0.25) is 0 Å². The van der Waals surface area contributed by atoms with Gasteiger partial charge in [0.1, 0.15) is 0 Å². The lowest BCUT2D eigenvalue weighted by Gasteiger charge is -2.12. The molecule has 0 amide bonds. The summed E-state index contributed by atoms with van der Waals surface area (Å²) in [7, 11) is 0. The third-order valence-electron chi connectivity index (χ3n) is 2.79. The minimum atomic E-state index is 0.0489. The Morgan fingerprint density at radius 1 is 1.36 bits per heavy atom. The van der Waals surface area contributed by atoms with E-state index in [1.54, 1.807) is 0 Å². The van der Waals surface area contributed by atoms with Gasteiger partial charge in [0.15, 0.2) is 0 Å². The molecule has 0 aliphatic rings. The quantitative estimate of drug-likeness (QED) is 0.701. The van der Waals surface area contributed by atoms with Gasteiger partial charge >= 0.3 is 0 Å². The highest BCUT2D eigenvalue weighted by Gasteiger charge is 2.17. The smallest absolute Gasteiger partial charge is 0.0643 e. The van der Waals surface area contributed by atoms with Crippen LogP contribution in [0.2, 0.25) is 0 Å². The largest absolute Gasteiger partial charge is 0.267 e. The van der Waals surface area contributed by atoms with E-state index < -0.39 is 0 Å². The van der Waals surface area contributed by atoms with Gasteiger partial charge in [-0.3, -0.25) is 4.68 Å². The van der Waals surface area contributed by atoms with E-state index in [-0.39, 0.29) is 5.38 Å². The molecule has 0 saturated carbocycles. The van der Waals surface area contributed by atoms with Gasteiger partial charge in [0.25, 0.3) is 0 Å². The van der Waals surface area contributed by atoms with Crippen molar-refractivity contribution in [2.75, 3.05) is 0 Å². The number of aromatic nitrogens is 2. The normalized spacial score (nSPS) is 15.6. The lowest BCUT2D eigenvalue weighted by molar-refractivity contribution is 0.465. The molecule has 1 aromatic rings. The lowest BCUT2D eigenvalue weighted by Crippen LogP contribution is -2.08. The Hall–Kier alpha value is -0.500. The highest BCUT2D eigenvalue weighted by molar-refractivity contribution is 6.20. The van der Waals surface area contributed by atoms with Crippen molar-refractivity contribution in [3.8, 4) is 0 Å². The maximum absolute atomic E-state index is 6.12. The maximum atomic E-state index is 6.12. The molecule has 0 N–H and O–H groups in total. The highest BCUT2D eigenvalue weighted by atomic mass is 35.5. The summed E-state index contributed by atoms with van der Waals surface area (Å²) in [6.45, 7) is 10.5. The van der Waals surface area contributed by atoms with Crippen molar-refractivity contribution < 1.29 is 0 Å². The molecular weight excluding hydrogens is 196 g/mol. The Balaban J connectivity index is 3.16. The maximum Gasteiger partial charge on any atom is 0.0643 e. The second kappa shape index (κ2) is 4.35. The molecule has 1 rings (SSSR count). The van der Waals surface area contributed by atoms with Crippen LogP contribution in [0.5, 0.6) is 0 Å². The molecule has 3 heteroatoms. The van der Waals surface area contributed by atoms with Crippen LogP contribution in [0.15, 0.2) is 0 Å². The molecule has 0 radical (unpaired) electrons. The number of rotatable bonds is 3. The topological polar surface area (TPSA) is 17.8 Å². The Morgan fingerprint density at radius 2 is 1.93 bits per heavy atom. The first kappa shape index (κ1) is 11.6. The molecule has 1 heterocycles. The van der Waals surface area contributed by atoms with E-state index in [4.69, 9.17) is 11.6 Å². The lowest BCUT2D eigenvalue weighted by atomic mass is 10.1. The molecule has 2 nitrogen and oxygen atoms in total. The van der Waals surface area contributed by atoms with E-state index in [1.807, 2.05) is 13.8 Å². The zero-order valence-corrected chi connectivity index (χ0v) is 10.4. The number of nitrogens with zero attached hydrogens (tertiary/aromatic N) is 2. The Labute approximate surface area is 91.3 Å². The summed E-state index contributed by atoms with van der Waals surface area (Å²) in [5.74, 6) is 0. The van der Waals surface area contributed by atoms with Crippen molar-refractivity contribution in [2.45, 2.75) is 52.5 Å². The van der Waals surface area contributed by atoms with E-state index in [1.165, 1.54) is 11.3 Å². The van der Waals surface area contributed by atoms with E-state index in [2.05, 4.69) is 30.6 Å². The van der Waals surface area contributed by atoms with Gasteiger partial charge in [-0.1, -0.05) is 6.92 Å². The van der Waals surface area contributed by atoms with Crippen LogP contribution in [0.25, 0.3) is 0 Å². The molecule has 80 valence electrons. The monoisotopic (exact) mass is 214 g/mol. The number of hydrogen-bond donors (Lipinski definition) is 0. The number of hydrogen-bond acceptors (Lipinski definition) is 1. The second-order valence-electron chi connectivity index (χ2n) is 3.90. The van der Waals surface area contributed by atoms with Crippen LogP contribution in [-0.4, -0.2) is 9.78 Å². The Kier molecular flexibility index (Phi) is 3.59. The first-order valence-electron chi connectivity index (χ1n) is 5.18. The molecule has 2 unspecified atom stereocenters. The average molecular weight is 215 g/mol. The summed E-state index contributed by atoms with van der Waals surface area (Å²) in [6.07, 6.45) is 1.10. The van der Waals surface area contributed by atoms with E-state index >= 15 is 0 Å². The number of alkyl halides is 1. The van der Waals surface area contributed by atoms with Gasteiger partial charge in [0.05, 0.1) is 11.1 Å². The summed E-state index contributed by atoms with van der Waals surface area (Å²) >= 11 is 6.12. The Bertz CT molecular complexity index is 315. The summed E-state index contributed by atoms with van der Waals surface area (Å²) in [5.41, 5.74) is 3.46. The minimum Gasteiger partial charge on any atom is -0.267 e. The third-order valence-corrected chi connectivity index (χ3v) is 3.01. The molecule has 0 spiro atoms. The van der Waals surface area contributed by atoms with E-state index in [9.17, 15) is 0 Å². The second-order valence-corrected chi connectivity index (χ2v) is 4.56. The number of halogens is 1. The Morgan fingerprint density at radius 3 is 2.29 bits per heavy atom. The van der Waals surface area contributed by atoms with Crippen molar-refractivity contribution in [1.82, 2.24) is 9.78 Å². The molecular formula is C11H19ClN2. The van der Waals surface area contributed by atoms with Crippen LogP contribution in [0.1, 0.15) is 55.6 Å². The van der Waals surface area contributed by atoms with Gasteiger partial charge < -0.3 is 0 Å². The molecule has 0 aliphatic heterocycles. The molecule has 0 bridgehead atoms. The fourth-order valence-electron chi connectivity index (χ4n) is 1.85. The molecule has 0 aliphatic carbocycles. The number of aryl methyl sites for hydroxylation is 1. The van der Waals surface area contributed by atoms with Crippen LogP contribution in [-0.2, 0) is 0 Å². The molecule has 1 aromatic heterocycles. The third kappa shape index (κ3) is 1.95. The molecule has 2 atom stereocenters. The average Bonchev–Trinajstić information content (AvgIpc) is 2.40. The summed E-state index contributed by atoms with van der Waals surface area (Å²) in [4.78, 5) is 0. The molecule has 0 saturated heterocycles. The van der Waals surface area contributed by atoms with Crippen molar-refractivity contribution in [3.63, 3.8) is 0 Å². The van der Waals surface area contributed by atoms with Gasteiger partial charge in [-0.05, 0) is 34.1 Å². The standard InChI is InChI=1S/C11H19ClN2/c1-6-7(2)14-10(5)11(8(3)12)9(4)13-14/h7-8H,6H2,1-5H3. The van der Waals surface area contributed by atoms with Crippen molar-refractivity contribution in [1.29, 1.82) is 0 Å². The zero-order chi connectivity index (χ0) is 10.9. The summed E-state index contributed by atoms with van der Waals surface area (Å²) < 4.78 is 2.09. The van der Waals surface area contributed by atoms with Crippen molar-refractivity contribution in [2.24, 2.45) is 0 Å². The van der Waals surface area contributed by atoms with Gasteiger partial charge in [-0.25, -0.2) is 0 Å². The highest BCUT2D eigenvalue weighted by Crippen LogP contribution is 2.28. The predicted molar refractivity (Wildman–Crippen MR) is 61.0 cm³/mol. The summed E-state index contributed by atoms with van der Waals surface area (Å²) in [6, 6.07) is 0.456. The first-order chi connectivity index (χ1) is 6.49.